The third-order valence-electron chi connectivity index (χ3n) is 6.26. The fourth-order valence-corrected chi connectivity index (χ4v) is 4.95. The number of nitrogens with zero attached hydrogens (tertiary/aromatic N) is 3. The minimum absolute atomic E-state index is 0.124. The van der Waals surface area contributed by atoms with Crippen molar-refractivity contribution >= 4 is 34.8 Å². The Bertz CT molecular complexity index is 1100. The number of allylic oxidation sites excluding steroid dienone is 2. The van der Waals surface area contributed by atoms with Crippen LogP contribution in [-0.4, -0.2) is 46.6 Å². The second-order valence-corrected chi connectivity index (χ2v) is 8.30. The molecule has 4 rings (SSSR count). The summed E-state index contributed by atoms with van der Waals surface area (Å²) in [5.41, 5.74) is -1.31. The maximum absolute atomic E-state index is 13.5. The Morgan fingerprint density at radius 1 is 1.28 bits per heavy atom. The minimum Gasteiger partial charge on any atom is -0.355 e. The molecule has 1 atom stereocenters. The lowest BCUT2D eigenvalue weighted by molar-refractivity contribution is -0.134. The van der Waals surface area contributed by atoms with Gasteiger partial charge in [0, 0.05) is 24.7 Å². The minimum atomic E-state index is -4.68. The molecule has 2 aliphatic carbocycles. The van der Waals surface area contributed by atoms with Crippen molar-refractivity contribution in [1.29, 1.82) is 5.26 Å². The molecule has 1 unspecified atom stereocenters. The summed E-state index contributed by atoms with van der Waals surface area (Å²) >= 11 is 5.60. The largest absolute Gasteiger partial charge is 0.414 e. The molecule has 0 bridgehead atoms. The van der Waals surface area contributed by atoms with Gasteiger partial charge in [-0.15, -0.1) is 0 Å². The highest BCUT2D eigenvalue weighted by atomic mass is 32.1. The smallest absolute Gasteiger partial charge is 0.355 e. The monoisotopic (exact) mass is 460 g/mol. The fourth-order valence-electron chi connectivity index (χ4n) is 4.45. The van der Waals surface area contributed by atoms with Gasteiger partial charge in [0.15, 0.2) is 5.11 Å². The standard InChI is InChI=1S/C22H19F3N4O2S/c1-27-18(30)13-3-6-15(7-4-13)29-20(32)28(19(31)21(29)9-2-10-21)16-8-5-14(12-26)17(11-16)22(23,24)25/h3-8,16H,2,9-11H2,1H3,(H,27,30). The Balaban J connectivity index is 1.68. The summed E-state index contributed by atoms with van der Waals surface area (Å²) in [6.07, 6.45) is -0.815. The normalized spacial score (nSPS) is 22.3. The van der Waals surface area contributed by atoms with Crippen LogP contribution in [0.1, 0.15) is 36.0 Å². The fraction of sp³-hybridized carbons (Fsp3) is 0.364. The van der Waals surface area contributed by atoms with Crippen molar-refractivity contribution < 1.29 is 22.8 Å². The third kappa shape index (κ3) is 3.28. The summed E-state index contributed by atoms with van der Waals surface area (Å²) in [4.78, 5) is 28.3. The van der Waals surface area contributed by atoms with Gasteiger partial charge in [-0.25, -0.2) is 0 Å². The molecule has 1 spiro atoms. The van der Waals surface area contributed by atoms with Crippen LogP contribution in [0.3, 0.4) is 0 Å². The van der Waals surface area contributed by atoms with E-state index in [-0.39, 0.29) is 16.9 Å². The van der Waals surface area contributed by atoms with Gasteiger partial charge in [0.2, 0.25) is 0 Å². The van der Waals surface area contributed by atoms with Crippen LogP contribution in [0.4, 0.5) is 18.9 Å². The maximum atomic E-state index is 13.5. The van der Waals surface area contributed by atoms with E-state index in [1.165, 1.54) is 18.0 Å². The first-order valence-electron chi connectivity index (χ1n) is 10.0. The molecule has 1 heterocycles. The summed E-state index contributed by atoms with van der Waals surface area (Å²) < 4.78 is 40.5. The van der Waals surface area contributed by atoms with E-state index in [2.05, 4.69) is 5.32 Å². The quantitative estimate of drug-likeness (QED) is 0.698. The number of nitriles is 1. The number of hydrogen-bond donors (Lipinski definition) is 1. The molecule has 1 aromatic carbocycles. The number of anilines is 1. The molecule has 0 aromatic heterocycles. The van der Waals surface area contributed by atoms with E-state index in [0.29, 0.717) is 24.1 Å². The first-order valence-corrected chi connectivity index (χ1v) is 10.4. The molecular weight excluding hydrogens is 441 g/mol. The molecule has 3 aliphatic rings. The zero-order chi connectivity index (χ0) is 23.3. The van der Waals surface area contributed by atoms with E-state index < -0.39 is 35.3 Å². The molecule has 1 aliphatic heterocycles. The predicted molar refractivity (Wildman–Crippen MR) is 115 cm³/mol. The molecule has 10 heteroatoms. The van der Waals surface area contributed by atoms with Crippen molar-refractivity contribution in [2.75, 3.05) is 11.9 Å². The Morgan fingerprint density at radius 2 is 1.94 bits per heavy atom. The van der Waals surface area contributed by atoms with E-state index in [1.807, 2.05) is 0 Å². The van der Waals surface area contributed by atoms with Crippen molar-refractivity contribution in [3.63, 3.8) is 0 Å². The van der Waals surface area contributed by atoms with Crippen LogP contribution in [0.2, 0.25) is 0 Å². The van der Waals surface area contributed by atoms with E-state index in [0.717, 1.165) is 12.5 Å². The summed E-state index contributed by atoms with van der Waals surface area (Å²) in [5, 5.41) is 11.7. The average molecular weight is 460 g/mol. The van der Waals surface area contributed by atoms with Crippen molar-refractivity contribution in [3.05, 3.63) is 53.1 Å². The second kappa shape index (κ2) is 7.74. The van der Waals surface area contributed by atoms with E-state index in [1.54, 1.807) is 35.2 Å². The van der Waals surface area contributed by atoms with Crippen LogP contribution in [0.15, 0.2) is 47.6 Å². The zero-order valence-electron chi connectivity index (χ0n) is 17.1. The van der Waals surface area contributed by atoms with Gasteiger partial charge in [0.05, 0.1) is 23.3 Å². The number of nitrogens with one attached hydrogen (secondary N) is 1. The van der Waals surface area contributed by atoms with Gasteiger partial charge < -0.3 is 10.2 Å². The Labute approximate surface area is 188 Å². The average Bonchev–Trinajstić information content (AvgIpc) is 2.99. The van der Waals surface area contributed by atoms with Crippen LogP contribution in [0, 0.1) is 11.3 Å². The van der Waals surface area contributed by atoms with Gasteiger partial charge in [-0.05, 0) is 61.8 Å². The van der Waals surface area contributed by atoms with Crippen LogP contribution in [0.5, 0.6) is 0 Å². The Hall–Kier alpha value is -3.19. The van der Waals surface area contributed by atoms with Gasteiger partial charge >= 0.3 is 6.18 Å². The number of thiocarbonyl (C=S) groups is 1. The van der Waals surface area contributed by atoms with Gasteiger partial charge in [-0.1, -0.05) is 6.08 Å². The number of alkyl halides is 3. The van der Waals surface area contributed by atoms with E-state index in [9.17, 15) is 22.8 Å². The van der Waals surface area contributed by atoms with Crippen molar-refractivity contribution in [1.82, 2.24) is 10.2 Å². The number of halogens is 3. The van der Waals surface area contributed by atoms with Crippen molar-refractivity contribution in [3.8, 4) is 6.07 Å². The van der Waals surface area contributed by atoms with Crippen LogP contribution >= 0.6 is 12.2 Å². The number of amides is 2. The maximum Gasteiger partial charge on any atom is 0.414 e. The molecule has 1 saturated heterocycles. The highest BCUT2D eigenvalue weighted by Gasteiger charge is 2.60. The molecule has 166 valence electrons. The Morgan fingerprint density at radius 3 is 2.44 bits per heavy atom. The number of rotatable bonds is 3. The lowest BCUT2D eigenvalue weighted by atomic mass is 9.75. The lowest BCUT2D eigenvalue weighted by Crippen LogP contribution is -2.55. The van der Waals surface area contributed by atoms with Gasteiger partial charge in [-0.3, -0.25) is 14.5 Å². The SMILES string of the molecule is CNC(=O)c1ccc(N2C(=S)N(C3C=CC(C#N)=C(C(F)(F)F)C3)C(=O)C23CCC3)cc1. The molecule has 2 fully saturated rings. The number of benzene rings is 1. The third-order valence-corrected chi connectivity index (χ3v) is 6.63. The van der Waals surface area contributed by atoms with E-state index in [4.69, 9.17) is 17.5 Å². The number of carbonyl (C=O) groups is 2. The van der Waals surface area contributed by atoms with Crippen molar-refractivity contribution in [2.24, 2.45) is 0 Å². The first kappa shape index (κ1) is 22.0. The van der Waals surface area contributed by atoms with Gasteiger partial charge in [0.1, 0.15) is 5.54 Å². The number of carbonyl (C=O) groups excluding carboxylic acids is 2. The molecule has 6 nitrogen and oxygen atoms in total. The second-order valence-electron chi connectivity index (χ2n) is 7.94. The zero-order valence-corrected chi connectivity index (χ0v) is 17.9. The van der Waals surface area contributed by atoms with Crippen LogP contribution < -0.4 is 10.2 Å². The molecular formula is C22H19F3N4O2S. The summed E-state index contributed by atoms with van der Waals surface area (Å²) in [6.45, 7) is 0. The van der Waals surface area contributed by atoms with Crippen LogP contribution in [0.25, 0.3) is 0 Å². The molecule has 1 saturated carbocycles. The van der Waals surface area contributed by atoms with E-state index >= 15 is 0 Å². The highest BCUT2D eigenvalue weighted by molar-refractivity contribution is 7.80. The molecule has 0 radical (unpaired) electrons. The van der Waals surface area contributed by atoms with Crippen molar-refractivity contribution in [2.45, 2.75) is 43.4 Å². The van der Waals surface area contributed by atoms with Crippen LogP contribution in [-0.2, 0) is 4.79 Å². The summed E-state index contributed by atoms with van der Waals surface area (Å²) in [5.74, 6) is -0.593. The Kier molecular flexibility index (Phi) is 5.33. The van der Waals surface area contributed by atoms with Gasteiger partial charge in [0.25, 0.3) is 11.8 Å². The molecule has 1 aromatic rings. The predicted octanol–water partition coefficient (Wildman–Crippen LogP) is 3.61. The van der Waals surface area contributed by atoms with Gasteiger partial charge in [-0.2, -0.15) is 18.4 Å². The highest BCUT2D eigenvalue weighted by Crippen LogP contribution is 2.48. The summed E-state index contributed by atoms with van der Waals surface area (Å²) in [6, 6.07) is 7.23. The molecule has 1 N–H and O–H groups in total. The first-order chi connectivity index (χ1) is 15.1. The number of hydrogen-bond acceptors (Lipinski definition) is 4. The molecule has 2 amide bonds. The summed E-state index contributed by atoms with van der Waals surface area (Å²) in [7, 11) is 1.52. The lowest BCUT2D eigenvalue weighted by Gasteiger charge is -2.43. The molecule has 32 heavy (non-hydrogen) atoms. The topological polar surface area (TPSA) is 76.4 Å².